The number of hydrogen-bond donors (Lipinski definition) is 1. The molecule has 2 aromatic rings. The summed E-state index contributed by atoms with van der Waals surface area (Å²) in [5.74, 6) is -0.325. The summed E-state index contributed by atoms with van der Waals surface area (Å²) in [6.45, 7) is 2.23. The molecule has 1 saturated heterocycles. The van der Waals surface area contributed by atoms with E-state index in [0.29, 0.717) is 5.69 Å². The van der Waals surface area contributed by atoms with Crippen LogP contribution in [0.15, 0.2) is 54.6 Å². The van der Waals surface area contributed by atoms with Gasteiger partial charge in [-0.2, -0.15) is 17.0 Å². The van der Waals surface area contributed by atoms with E-state index < -0.39 is 16.3 Å². The van der Waals surface area contributed by atoms with Gasteiger partial charge in [-0.15, -0.1) is 0 Å². The number of carbonyl (C=O) groups excluding carboxylic acids is 1. The number of amides is 1. The molecular weight excluding hydrogens is 338 g/mol. The van der Waals surface area contributed by atoms with Gasteiger partial charge in [0.05, 0.1) is 0 Å². The molecule has 1 aliphatic heterocycles. The lowest BCUT2D eigenvalue weighted by atomic mass is 10.2. The molecule has 1 aliphatic rings. The molecule has 2 aromatic carbocycles. The van der Waals surface area contributed by atoms with Crippen molar-refractivity contribution < 1.29 is 13.2 Å². The molecule has 0 unspecified atom stereocenters. The quantitative estimate of drug-likeness (QED) is 0.908. The molecule has 0 aromatic heterocycles. The van der Waals surface area contributed by atoms with Crippen molar-refractivity contribution in [1.82, 2.24) is 8.61 Å². The fraction of sp³-hybridized carbons (Fsp3) is 0.278. The number of rotatable bonds is 4. The minimum Gasteiger partial charge on any atom is -0.325 e. The Balaban J connectivity index is 1.84. The van der Waals surface area contributed by atoms with Crippen LogP contribution in [0.25, 0.3) is 0 Å². The molecular formula is C18H21N3O3S. The van der Waals surface area contributed by atoms with Crippen LogP contribution in [0.1, 0.15) is 11.1 Å². The van der Waals surface area contributed by atoms with Gasteiger partial charge in [-0.3, -0.25) is 4.79 Å². The topological polar surface area (TPSA) is 69.7 Å². The Hall–Kier alpha value is -2.22. The summed E-state index contributed by atoms with van der Waals surface area (Å²) in [4.78, 5) is 12.7. The molecule has 0 bridgehead atoms. The van der Waals surface area contributed by atoms with Crippen molar-refractivity contribution in [2.45, 2.75) is 19.5 Å². The zero-order chi connectivity index (χ0) is 18.0. The summed E-state index contributed by atoms with van der Waals surface area (Å²) < 4.78 is 27.7. The van der Waals surface area contributed by atoms with E-state index in [-0.39, 0.29) is 19.0 Å². The fourth-order valence-corrected chi connectivity index (χ4v) is 4.37. The van der Waals surface area contributed by atoms with E-state index >= 15 is 0 Å². The summed E-state index contributed by atoms with van der Waals surface area (Å²) in [5, 5.41) is 2.83. The molecule has 0 radical (unpaired) electrons. The van der Waals surface area contributed by atoms with Gasteiger partial charge >= 0.3 is 0 Å². The van der Waals surface area contributed by atoms with Crippen LogP contribution in [0.4, 0.5) is 5.69 Å². The molecule has 25 heavy (non-hydrogen) atoms. The summed E-state index contributed by atoms with van der Waals surface area (Å²) in [5.41, 5.74) is 2.53. The van der Waals surface area contributed by atoms with Crippen molar-refractivity contribution in [3.05, 3.63) is 65.7 Å². The molecule has 1 atom stereocenters. The highest BCUT2D eigenvalue weighted by Gasteiger charge is 2.45. The van der Waals surface area contributed by atoms with Crippen molar-refractivity contribution >= 4 is 21.8 Å². The Labute approximate surface area is 148 Å². The number of hydrogen-bond acceptors (Lipinski definition) is 3. The highest BCUT2D eigenvalue weighted by molar-refractivity contribution is 7.87. The summed E-state index contributed by atoms with van der Waals surface area (Å²) in [6, 6.07) is 15.9. The maximum atomic E-state index is 12.7. The Morgan fingerprint density at radius 2 is 1.88 bits per heavy atom. The second-order valence-corrected chi connectivity index (χ2v) is 8.18. The van der Waals surface area contributed by atoms with Crippen LogP contribution in [0.2, 0.25) is 0 Å². The second-order valence-electron chi connectivity index (χ2n) is 6.19. The van der Waals surface area contributed by atoms with Crippen LogP contribution >= 0.6 is 0 Å². The highest BCUT2D eigenvalue weighted by atomic mass is 32.2. The SMILES string of the molecule is Cc1cccc(NC(=O)[C@@H]2CN(C)S(=O)(=O)N2Cc2ccccc2)c1. The molecule has 0 spiro atoms. The van der Waals surface area contributed by atoms with Gasteiger partial charge < -0.3 is 5.32 Å². The summed E-state index contributed by atoms with van der Waals surface area (Å²) in [7, 11) is -2.16. The van der Waals surface area contributed by atoms with Crippen LogP contribution in [0.5, 0.6) is 0 Å². The maximum absolute atomic E-state index is 12.7. The molecule has 1 heterocycles. The number of aryl methyl sites for hydroxylation is 1. The first-order chi connectivity index (χ1) is 11.9. The van der Waals surface area contributed by atoms with E-state index in [2.05, 4.69) is 5.32 Å². The predicted molar refractivity (Wildman–Crippen MR) is 97.1 cm³/mol. The number of anilines is 1. The lowest BCUT2D eigenvalue weighted by molar-refractivity contribution is -0.119. The number of carbonyl (C=O) groups is 1. The molecule has 1 fully saturated rings. The molecule has 0 aliphatic carbocycles. The zero-order valence-electron chi connectivity index (χ0n) is 14.2. The van der Waals surface area contributed by atoms with Gasteiger partial charge in [0.15, 0.2) is 0 Å². The fourth-order valence-electron chi connectivity index (χ4n) is 2.89. The van der Waals surface area contributed by atoms with E-state index in [1.165, 1.54) is 15.7 Å². The average molecular weight is 359 g/mol. The van der Waals surface area contributed by atoms with Crippen LogP contribution < -0.4 is 5.32 Å². The smallest absolute Gasteiger partial charge is 0.282 e. The lowest BCUT2D eigenvalue weighted by Crippen LogP contribution is -2.42. The zero-order valence-corrected chi connectivity index (χ0v) is 15.0. The number of nitrogens with one attached hydrogen (secondary N) is 1. The highest BCUT2D eigenvalue weighted by Crippen LogP contribution is 2.25. The van der Waals surface area contributed by atoms with Gasteiger partial charge in [-0.05, 0) is 30.2 Å². The molecule has 3 rings (SSSR count). The number of benzene rings is 2. The van der Waals surface area contributed by atoms with Crippen LogP contribution in [-0.4, -0.2) is 42.6 Å². The molecule has 132 valence electrons. The normalized spacial score (nSPS) is 20.5. The minimum absolute atomic E-state index is 0.132. The Kier molecular flexibility index (Phi) is 4.89. The van der Waals surface area contributed by atoms with Gasteiger partial charge in [0.25, 0.3) is 10.2 Å². The average Bonchev–Trinajstić information content (AvgIpc) is 2.79. The predicted octanol–water partition coefficient (Wildman–Crippen LogP) is 1.99. The monoisotopic (exact) mass is 359 g/mol. The van der Waals surface area contributed by atoms with E-state index in [1.807, 2.05) is 55.5 Å². The Morgan fingerprint density at radius 3 is 2.56 bits per heavy atom. The van der Waals surface area contributed by atoms with Gasteiger partial charge in [0.1, 0.15) is 6.04 Å². The number of nitrogens with zero attached hydrogens (tertiary/aromatic N) is 2. The minimum atomic E-state index is -3.65. The molecule has 1 amide bonds. The van der Waals surface area contributed by atoms with Crippen LogP contribution in [-0.2, 0) is 21.5 Å². The first-order valence-corrected chi connectivity index (χ1v) is 9.42. The molecule has 1 N–H and O–H groups in total. The lowest BCUT2D eigenvalue weighted by Gasteiger charge is -2.21. The van der Waals surface area contributed by atoms with Crippen molar-refractivity contribution in [3.8, 4) is 0 Å². The second kappa shape index (κ2) is 6.95. The van der Waals surface area contributed by atoms with Crippen molar-refractivity contribution in [2.24, 2.45) is 0 Å². The maximum Gasteiger partial charge on any atom is 0.282 e. The van der Waals surface area contributed by atoms with Gasteiger partial charge in [0, 0.05) is 25.8 Å². The van der Waals surface area contributed by atoms with Crippen LogP contribution in [0.3, 0.4) is 0 Å². The third-order valence-corrected chi connectivity index (χ3v) is 6.15. The largest absolute Gasteiger partial charge is 0.325 e. The summed E-state index contributed by atoms with van der Waals surface area (Å²) >= 11 is 0. The number of likely N-dealkylation sites (N-methyl/N-ethyl adjacent to an activating group) is 1. The van der Waals surface area contributed by atoms with E-state index in [1.54, 1.807) is 6.07 Å². The first kappa shape index (κ1) is 17.6. The first-order valence-electron chi connectivity index (χ1n) is 8.02. The van der Waals surface area contributed by atoms with Gasteiger partial charge in [0.2, 0.25) is 5.91 Å². The molecule has 7 heteroatoms. The van der Waals surface area contributed by atoms with E-state index in [0.717, 1.165) is 11.1 Å². The van der Waals surface area contributed by atoms with Crippen molar-refractivity contribution in [1.29, 1.82) is 0 Å². The van der Waals surface area contributed by atoms with Crippen LogP contribution in [0, 0.1) is 6.92 Å². The van der Waals surface area contributed by atoms with E-state index in [4.69, 9.17) is 0 Å². The molecule has 6 nitrogen and oxygen atoms in total. The van der Waals surface area contributed by atoms with E-state index in [9.17, 15) is 13.2 Å². The van der Waals surface area contributed by atoms with Gasteiger partial charge in [-0.1, -0.05) is 42.5 Å². The van der Waals surface area contributed by atoms with Crippen molar-refractivity contribution in [2.75, 3.05) is 18.9 Å². The van der Waals surface area contributed by atoms with Gasteiger partial charge in [-0.25, -0.2) is 0 Å². The third-order valence-electron chi connectivity index (χ3n) is 4.24. The Morgan fingerprint density at radius 1 is 1.16 bits per heavy atom. The summed E-state index contributed by atoms with van der Waals surface area (Å²) in [6.07, 6.45) is 0. The third kappa shape index (κ3) is 3.73. The van der Waals surface area contributed by atoms with Crippen molar-refractivity contribution in [3.63, 3.8) is 0 Å². The molecule has 0 saturated carbocycles. The standard InChI is InChI=1S/C18H21N3O3S/c1-14-7-6-10-16(11-14)19-18(22)17-13-20(2)25(23,24)21(17)12-15-8-4-3-5-9-15/h3-11,17H,12-13H2,1-2H3,(H,19,22)/t17-/m0/s1. The Bertz CT molecular complexity index is 868.